The van der Waals surface area contributed by atoms with E-state index in [-0.39, 0.29) is 11.1 Å². The normalized spacial score (nSPS) is 10.9. The Labute approximate surface area is 324 Å². The molecule has 0 atom stereocenters. The van der Waals surface area contributed by atoms with Gasteiger partial charge >= 0.3 is 0 Å². The molecule has 0 N–H and O–H groups in total. The molecule has 0 aliphatic heterocycles. The van der Waals surface area contributed by atoms with E-state index < -0.39 is 23.4 Å². The summed E-state index contributed by atoms with van der Waals surface area (Å²) in [5.41, 5.74) is 2.55. The minimum Gasteiger partial charge on any atom is -0.481 e. The van der Waals surface area contributed by atoms with E-state index in [2.05, 4.69) is 30.4 Å². The van der Waals surface area contributed by atoms with Crippen LogP contribution in [0.4, 0.5) is 19.0 Å². The fourth-order valence-electron chi connectivity index (χ4n) is 5.32. The maximum Gasteiger partial charge on any atom is 0.263 e. The Hall–Kier alpha value is -6.00. The first-order chi connectivity index (χ1) is 26.8. The Morgan fingerprint density at radius 1 is 0.709 bits per heavy atom. The van der Waals surface area contributed by atoms with E-state index >= 15 is 0 Å². The lowest BCUT2D eigenvalue weighted by Crippen LogP contribution is -2.32. The smallest absolute Gasteiger partial charge is 0.263 e. The van der Waals surface area contributed by atoms with Crippen molar-refractivity contribution in [2.45, 2.75) is 39.5 Å². The topological polar surface area (TPSA) is 132 Å². The van der Waals surface area contributed by atoms with Crippen LogP contribution in [0.5, 0.6) is 5.88 Å². The van der Waals surface area contributed by atoms with Gasteiger partial charge in [-0.3, -0.25) is 19.4 Å². The van der Waals surface area contributed by atoms with E-state index in [0.717, 1.165) is 42.5 Å². The standard InChI is InChI=1S/C20H18FN5OS.C19H19FN4O2S/c1-2-3-11-26(19(27)15-6-4-5-7-16(15)21)20-24-23-18(28-20)14-8-9-17-22-10-12-25(17)13-14;1-3-4-11-24(18(25)14-7-5-6-8-15(14)20)19-23-22-17(27-19)13-9-10-16(26-2)21-12-13/h4-10,12-13H,2-3,11H2,1H3;5-10,12H,3-4,11H2,1-2H3. The Bertz CT molecular complexity index is 2360. The van der Waals surface area contributed by atoms with Gasteiger partial charge in [0.05, 0.1) is 18.2 Å². The van der Waals surface area contributed by atoms with E-state index in [9.17, 15) is 18.4 Å². The number of ether oxygens (including phenoxy) is 1. The van der Waals surface area contributed by atoms with Crippen molar-refractivity contribution in [1.82, 2.24) is 34.8 Å². The zero-order valence-corrected chi connectivity index (χ0v) is 31.9. The van der Waals surface area contributed by atoms with Crippen molar-refractivity contribution in [1.29, 1.82) is 0 Å². The molecule has 2 amide bonds. The Morgan fingerprint density at radius 3 is 1.76 bits per heavy atom. The number of amides is 2. The van der Waals surface area contributed by atoms with Crippen molar-refractivity contribution >= 4 is 50.4 Å². The van der Waals surface area contributed by atoms with E-state index in [1.807, 2.05) is 48.8 Å². The van der Waals surface area contributed by atoms with Crippen molar-refractivity contribution in [3.8, 4) is 27.0 Å². The van der Waals surface area contributed by atoms with E-state index in [0.29, 0.717) is 39.2 Å². The monoisotopic (exact) mass is 781 g/mol. The van der Waals surface area contributed by atoms with Crippen molar-refractivity contribution in [2.24, 2.45) is 0 Å². The second-order valence-electron chi connectivity index (χ2n) is 12.1. The molecule has 2 aromatic carbocycles. The number of imidazole rings is 1. The fraction of sp³-hybridized carbons (Fsp3) is 0.231. The number of carbonyl (C=O) groups is 2. The number of methoxy groups -OCH3 is 1. The zero-order chi connectivity index (χ0) is 38.7. The molecule has 5 heterocycles. The van der Waals surface area contributed by atoms with Crippen LogP contribution in [0, 0.1) is 11.6 Å². The molecule has 12 nitrogen and oxygen atoms in total. The third-order valence-electron chi connectivity index (χ3n) is 8.29. The molecule has 5 aromatic heterocycles. The summed E-state index contributed by atoms with van der Waals surface area (Å²) in [5, 5.41) is 19.0. The average molecular weight is 782 g/mol. The van der Waals surface area contributed by atoms with Gasteiger partial charge in [0, 0.05) is 55.1 Å². The molecule has 0 bridgehead atoms. The van der Waals surface area contributed by atoms with Crippen molar-refractivity contribution < 1.29 is 23.1 Å². The molecule has 0 aliphatic rings. The van der Waals surface area contributed by atoms with Gasteiger partial charge in [-0.25, -0.2) is 18.7 Å². The van der Waals surface area contributed by atoms with E-state index in [1.54, 1.807) is 49.8 Å². The van der Waals surface area contributed by atoms with Gasteiger partial charge in [-0.05, 0) is 55.3 Å². The fourth-order valence-corrected chi connectivity index (χ4v) is 7.04. The van der Waals surface area contributed by atoms with Crippen LogP contribution in [0.15, 0.2) is 97.6 Å². The number of anilines is 2. The van der Waals surface area contributed by atoms with E-state index in [1.165, 1.54) is 56.7 Å². The molecule has 55 heavy (non-hydrogen) atoms. The number of hydrogen-bond acceptors (Lipinski definition) is 11. The molecule has 7 rings (SSSR count). The number of fused-ring (bicyclic) bond motifs is 1. The molecular formula is C39H37F2N9O3S2. The number of hydrogen-bond donors (Lipinski definition) is 0. The molecule has 0 radical (unpaired) electrons. The number of carbonyl (C=O) groups excluding carboxylic acids is 2. The third-order valence-corrected chi connectivity index (χ3v) is 10.3. The molecule has 0 unspecified atom stereocenters. The number of nitrogens with zero attached hydrogens (tertiary/aromatic N) is 9. The van der Waals surface area contributed by atoms with Gasteiger partial charge in [-0.2, -0.15) is 0 Å². The molecule has 0 fully saturated rings. The minimum absolute atomic E-state index is 0.0245. The molecule has 0 aliphatic carbocycles. The third kappa shape index (κ3) is 9.21. The summed E-state index contributed by atoms with van der Waals surface area (Å²) in [4.78, 5) is 37.3. The quantitative estimate of drug-likeness (QED) is 0.113. The largest absolute Gasteiger partial charge is 0.481 e. The summed E-state index contributed by atoms with van der Waals surface area (Å²) in [6, 6.07) is 19.3. The second kappa shape index (κ2) is 18.4. The van der Waals surface area contributed by atoms with Crippen LogP contribution in [0.25, 0.3) is 26.8 Å². The van der Waals surface area contributed by atoms with Crippen LogP contribution >= 0.6 is 22.7 Å². The highest BCUT2D eigenvalue weighted by Crippen LogP contribution is 2.32. The Kier molecular flexibility index (Phi) is 12.9. The lowest BCUT2D eigenvalue weighted by molar-refractivity contribution is 0.0974. The highest BCUT2D eigenvalue weighted by atomic mass is 32.1. The van der Waals surface area contributed by atoms with Crippen LogP contribution in [-0.4, -0.2) is 66.8 Å². The molecule has 7 aromatic rings. The maximum absolute atomic E-state index is 14.1. The van der Waals surface area contributed by atoms with Gasteiger partial charge < -0.3 is 9.14 Å². The van der Waals surface area contributed by atoms with Crippen molar-refractivity contribution in [3.63, 3.8) is 0 Å². The summed E-state index contributed by atoms with van der Waals surface area (Å²) in [6.45, 7) is 4.97. The predicted octanol–water partition coefficient (Wildman–Crippen LogP) is 8.63. The van der Waals surface area contributed by atoms with Gasteiger partial charge in [-0.15, -0.1) is 20.4 Å². The van der Waals surface area contributed by atoms with Gasteiger partial charge in [0.2, 0.25) is 16.1 Å². The molecule has 0 saturated heterocycles. The predicted molar refractivity (Wildman–Crippen MR) is 210 cm³/mol. The van der Waals surface area contributed by atoms with Crippen LogP contribution in [0.3, 0.4) is 0 Å². The van der Waals surface area contributed by atoms with Crippen LogP contribution in [-0.2, 0) is 0 Å². The summed E-state index contributed by atoms with van der Waals surface area (Å²) in [7, 11) is 1.55. The molecule has 0 saturated carbocycles. The highest BCUT2D eigenvalue weighted by Gasteiger charge is 2.25. The first-order valence-corrected chi connectivity index (χ1v) is 19.2. The zero-order valence-electron chi connectivity index (χ0n) is 30.3. The average Bonchev–Trinajstić information content (AvgIpc) is 4.01. The first-order valence-electron chi connectivity index (χ1n) is 17.5. The summed E-state index contributed by atoms with van der Waals surface area (Å²) in [6.07, 6.45) is 10.5. The van der Waals surface area contributed by atoms with Crippen LogP contribution < -0.4 is 14.5 Å². The Balaban J connectivity index is 0.000000187. The van der Waals surface area contributed by atoms with Gasteiger partial charge in [0.25, 0.3) is 11.8 Å². The van der Waals surface area contributed by atoms with E-state index in [4.69, 9.17) is 4.74 Å². The molecule has 16 heteroatoms. The summed E-state index contributed by atoms with van der Waals surface area (Å²) < 4.78 is 35.2. The van der Waals surface area contributed by atoms with Gasteiger partial charge in [0.15, 0.2) is 10.0 Å². The number of rotatable bonds is 13. The number of halogens is 2. The number of benzene rings is 2. The highest BCUT2D eigenvalue weighted by molar-refractivity contribution is 7.19. The number of unbranched alkanes of at least 4 members (excludes halogenated alkanes) is 2. The Morgan fingerprint density at radius 2 is 1.25 bits per heavy atom. The van der Waals surface area contributed by atoms with Crippen LogP contribution in [0.1, 0.15) is 60.2 Å². The number of aromatic nitrogens is 7. The summed E-state index contributed by atoms with van der Waals surface area (Å²) >= 11 is 2.58. The number of pyridine rings is 2. The lowest BCUT2D eigenvalue weighted by atomic mass is 10.2. The summed E-state index contributed by atoms with van der Waals surface area (Å²) in [5.74, 6) is -1.41. The SMILES string of the molecule is CCCCN(C(=O)c1ccccc1F)c1nnc(-c2ccc(OC)nc2)s1.CCCCN(C(=O)c1ccccc1F)c1nnc(-c2ccc3nccn3c2)s1. The molecule has 282 valence electrons. The van der Waals surface area contributed by atoms with Crippen molar-refractivity contribution in [3.05, 3.63) is 120 Å². The van der Waals surface area contributed by atoms with Crippen LogP contribution in [0.2, 0.25) is 0 Å². The van der Waals surface area contributed by atoms with Crippen molar-refractivity contribution in [2.75, 3.05) is 30.0 Å². The van der Waals surface area contributed by atoms with Gasteiger partial charge in [0.1, 0.15) is 17.3 Å². The maximum atomic E-state index is 14.1. The molecular weight excluding hydrogens is 745 g/mol. The minimum atomic E-state index is -0.548. The first kappa shape index (κ1) is 38.7. The second-order valence-corrected chi connectivity index (χ2v) is 14.0. The van der Waals surface area contributed by atoms with Gasteiger partial charge in [-0.1, -0.05) is 73.6 Å². The molecule has 0 spiro atoms. The lowest BCUT2D eigenvalue weighted by Gasteiger charge is -2.19.